The van der Waals surface area contributed by atoms with Crippen LogP contribution in [0.5, 0.6) is 0 Å². The first kappa shape index (κ1) is 14.4. The van der Waals surface area contributed by atoms with Gasteiger partial charge in [0.25, 0.3) is 0 Å². The van der Waals surface area contributed by atoms with Crippen molar-refractivity contribution in [1.82, 2.24) is 5.32 Å². The second kappa shape index (κ2) is 5.72. The number of fused-ring (bicyclic) bond motifs is 1. The van der Waals surface area contributed by atoms with Crippen molar-refractivity contribution in [2.45, 2.75) is 6.04 Å². The molecule has 1 nitrogen and oxygen atoms in total. The van der Waals surface area contributed by atoms with Crippen molar-refractivity contribution >= 4 is 33.0 Å². The van der Waals surface area contributed by atoms with Crippen LogP contribution in [0.3, 0.4) is 0 Å². The molecule has 1 N–H and O–H groups in total. The molecule has 3 rings (SSSR count). The minimum absolute atomic E-state index is 0.207. The minimum atomic E-state index is -0.618. The van der Waals surface area contributed by atoms with Gasteiger partial charge >= 0.3 is 0 Å². The van der Waals surface area contributed by atoms with E-state index >= 15 is 0 Å². The highest BCUT2D eigenvalue weighted by molar-refractivity contribution is 7.17. The summed E-state index contributed by atoms with van der Waals surface area (Å²) in [4.78, 5) is 0. The van der Waals surface area contributed by atoms with Gasteiger partial charge in [-0.15, -0.1) is 11.3 Å². The van der Waals surface area contributed by atoms with Gasteiger partial charge in [0, 0.05) is 10.3 Å². The minimum Gasteiger partial charge on any atom is -0.309 e. The van der Waals surface area contributed by atoms with Crippen molar-refractivity contribution in [2.75, 3.05) is 7.05 Å². The van der Waals surface area contributed by atoms with E-state index in [0.717, 1.165) is 27.8 Å². The van der Waals surface area contributed by atoms with Crippen molar-refractivity contribution in [2.24, 2.45) is 0 Å². The molecule has 2 aromatic carbocycles. The lowest BCUT2D eigenvalue weighted by Crippen LogP contribution is -2.19. The van der Waals surface area contributed by atoms with Crippen LogP contribution in [0.2, 0.25) is 5.02 Å². The molecular weight excluding hydrogens is 312 g/mol. The fourth-order valence-corrected chi connectivity index (χ4v) is 3.60. The molecule has 0 fully saturated rings. The predicted octanol–water partition coefficient (Wildman–Crippen LogP) is 5.14. The summed E-state index contributed by atoms with van der Waals surface area (Å²) >= 11 is 7.20. The van der Waals surface area contributed by atoms with Crippen LogP contribution in [0, 0.1) is 11.6 Å². The molecule has 1 unspecified atom stereocenters. The van der Waals surface area contributed by atoms with Crippen LogP contribution >= 0.6 is 22.9 Å². The topological polar surface area (TPSA) is 12.0 Å². The van der Waals surface area contributed by atoms with Crippen molar-refractivity contribution in [3.8, 4) is 0 Å². The summed E-state index contributed by atoms with van der Waals surface area (Å²) in [5, 5.41) is 5.86. The zero-order chi connectivity index (χ0) is 15.0. The standard InChI is InChI=1S/C16H12ClF2NS/c1-20-16(10-6-14(19)12(17)7-13(10)18)11-8-21-15-5-3-2-4-9(11)15/h2-8,16,20H,1H3. The number of nitrogens with one attached hydrogen (secondary N) is 1. The Bertz CT molecular complexity index is 800. The highest BCUT2D eigenvalue weighted by Crippen LogP contribution is 2.35. The molecule has 0 spiro atoms. The number of hydrogen-bond acceptors (Lipinski definition) is 2. The van der Waals surface area contributed by atoms with E-state index in [1.165, 1.54) is 0 Å². The predicted molar refractivity (Wildman–Crippen MR) is 84.1 cm³/mol. The average Bonchev–Trinajstić information content (AvgIpc) is 2.89. The molecular formula is C16H12ClF2NS. The molecule has 0 saturated carbocycles. The summed E-state index contributed by atoms with van der Waals surface area (Å²) in [6.45, 7) is 0. The molecule has 0 saturated heterocycles. The average molecular weight is 324 g/mol. The van der Waals surface area contributed by atoms with Gasteiger partial charge in [0.05, 0.1) is 11.1 Å². The molecule has 1 atom stereocenters. The molecule has 0 aliphatic carbocycles. The summed E-state index contributed by atoms with van der Waals surface area (Å²) in [6, 6.07) is 9.64. The van der Waals surface area contributed by atoms with Gasteiger partial charge < -0.3 is 5.32 Å². The molecule has 0 radical (unpaired) electrons. The van der Waals surface area contributed by atoms with Gasteiger partial charge in [-0.2, -0.15) is 0 Å². The van der Waals surface area contributed by atoms with Gasteiger partial charge in [-0.05, 0) is 41.6 Å². The first-order chi connectivity index (χ1) is 10.1. The molecule has 1 aromatic heterocycles. The van der Waals surface area contributed by atoms with E-state index in [9.17, 15) is 8.78 Å². The van der Waals surface area contributed by atoms with Gasteiger partial charge in [-0.1, -0.05) is 29.8 Å². The lowest BCUT2D eigenvalue weighted by Gasteiger charge is -2.17. The van der Waals surface area contributed by atoms with Gasteiger partial charge in [0.2, 0.25) is 0 Å². The van der Waals surface area contributed by atoms with Crippen LogP contribution in [0.1, 0.15) is 17.2 Å². The van der Waals surface area contributed by atoms with E-state index in [-0.39, 0.29) is 10.6 Å². The smallest absolute Gasteiger partial charge is 0.142 e. The van der Waals surface area contributed by atoms with Gasteiger partial charge in [0.15, 0.2) is 0 Å². The maximum Gasteiger partial charge on any atom is 0.142 e. The fraction of sp³-hybridized carbons (Fsp3) is 0.125. The number of benzene rings is 2. The van der Waals surface area contributed by atoms with Crippen LogP contribution < -0.4 is 5.32 Å². The SMILES string of the molecule is CNC(c1cc(F)c(Cl)cc1F)c1csc2ccccc12. The number of halogens is 3. The first-order valence-electron chi connectivity index (χ1n) is 6.39. The zero-order valence-corrected chi connectivity index (χ0v) is 12.7. The fourth-order valence-electron chi connectivity index (χ4n) is 2.46. The third kappa shape index (κ3) is 2.55. The summed E-state index contributed by atoms with van der Waals surface area (Å²) in [7, 11) is 1.73. The lowest BCUT2D eigenvalue weighted by molar-refractivity contribution is 0.560. The van der Waals surface area contributed by atoms with Crippen LogP contribution in [-0.2, 0) is 0 Å². The van der Waals surface area contributed by atoms with Crippen LogP contribution in [0.25, 0.3) is 10.1 Å². The molecule has 21 heavy (non-hydrogen) atoms. The van der Waals surface area contributed by atoms with Crippen molar-refractivity contribution < 1.29 is 8.78 Å². The molecule has 0 aliphatic heterocycles. The van der Waals surface area contributed by atoms with Crippen molar-refractivity contribution in [3.05, 3.63) is 69.6 Å². The Hall–Kier alpha value is -1.49. The quantitative estimate of drug-likeness (QED) is 0.658. The van der Waals surface area contributed by atoms with Gasteiger partial charge in [0.1, 0.15) is 11.6 Å². The van der Waals surface area contributed by atoms with Gasteiger partial charge in [-0.25, -0.2) is 8.78 Å². The largest absolute Gasteiger partial charge is 0.309 e. The Balaban J connectivity index is 2.17. The first-order valence-corrected chi connectivity index (χ1v) is 7.65. The highest BCUT2D eigenvalue weighted by atomic mass is 35.5. The summed E-state index contributed by atoms with van der Waals surface area (Å²) < 4.78 is 29.0. The Kier molecular flexibility index (Phi) is 3.93. The van der Waals surface area contributed by atoms with E-state index in [4.69, 9.17) is 11.6 Å². The maximum atomic E-state index is 14.2. The van der Waals surface area contributed by atoms with Crippen molar-refractivity contribution in [3.63, 3.8) is 0 Å². The molecule has 108 valence electrons. The monoisotopic (exact) mass is 323 g/mol. The molecule has 0 bridgehead atoms. The second-order valence-electron chi connectivity index (χ2n) is 4.70. The normalized spacial score (nSPS) is 12.8. The second-order valence-corrected chi connectivity index (χ2v) is 6.02. The van der Waals surface area contributed by atoms with E-state index in [1.807, 2.05) is 29.6 Å². The third-order valence-corrected chi connectivity index (χ3v) is 4.73. The number of thiophene rings is 1. The van der Waals surface area contributed by atoms with E-state index in [0.29, 0.717) is 0 Å². The maximum absolute atomic E-state index is 14.2. The van der Waals surface area contributed by atoms with Crippen LogP contribution in [0.4, 0.5) is 8.78 Å². The molecule has 0 amide bonds. The molecule has 1 heterocycles. The summed E-state index contributed by atoms with van der Waals surface area (Å²) in [5.41, 5.74) is 1.18. The van der Waals surface area contributed by atoms with E-state index in [1.54, 1.807) is 18.4 Å². The van der Waals surface area contributed by atoms with Crippen LogP contribution in [-0.4, -0.2) is 7.05 Å². The number of rotatable bonds is 3. The highest BCUT2D eigenvalue weighted by Gasteiger charge is 2.21. The Morgan fingerprint density at radius 1 is 1.10 bits per heavy atom. The summed E-state index contributed by atoms with van der Waals surface area (Å²) in [6.07, 6.45) is 0. The zero-order valence-electron chi connectivity index (χ0n) is 11.2. The molecule has 0 aliphatic rings. The summed E-state index contributed by atoms with van der Waals surface area (Å²) in [5.74, 6) is -1.14. The number of hydrogen-bond donors (Lipinski definition) is 1. The van der Waals surface area contributed by atoms with Gasteiger partial charge in [-0.3, -0.25) is 0 Å². The van der Waals surface area contributed by atoms with Crippen LogP contribution in [0.15, 0.2) is 41.8 Å². The van der Waals surface area contributed by atoms with E-state index in [2.05, 4.69) is 5.32 Å². The van der Waals surface area contributed by atoms with E-state index < -0.39 is 17.7 Å². The van der Waals surface area contributed by atoms with Crippen molar-refractivity contribution in [1.29, 1.82) is 0 Å². The Morgan fingerprint density at radius 3 is 2.62 bits per heavy atom. The lowest BCUT2D eigenvalue weighted by atomic mass is 9.97. The molecule has 5 heteroatoms. The Morgan fingerprint density at radius 2 is 1.86 bits per heavy atom. The molecule has 3 aromatic rings. The Labute approximate surface area is 130 Å². The third-order valence-electron chi connectivity index (χ3n) is 3.46.